The molecular weight excluding hydrogens is 430 g/mol. The number of hydroxylamine groups is 1. The molecule has 0 aliphatic heterocycles. The number of nitrogens with zero attached hydrogens (tertiary/aromatic N) is 1. The van der Waals surface area contributed by atoms with Crippen molar-refractivity contribution in [3.8, 4) is 0 Å². The van der Waals surface area contributed by atoms with Crippen LogP contribution in [0.5, 0.6) is 0 Å². The molecule has 1 aromatic carbocycles. The number of hydrazine groups is 1. The minimum atomic E-state index is -3.66. The Balaban J connectivity index is 2.21. The molecule has 32 heavy (non-hydrogen) atoms. The summed E-state index contributed by atoms with van der Waals surface area (Å²) in [7, 11) is -3.66. The number of sulfonamides is 1. The predicted molar refractivity (Wildman–Crippen MR) is 123 cm³/mol. The second-order valence-corrected chi connectivity index (χ2v) is 10.8. The van der Waals surface area contributed by atoms with Gasteiger partial charge in [-0.15, -0.1) is 4.41 Å². The van der Waals surface area contributed by atoms with Crippen LogP contribution in [0.2, 0.25) is 0 Å². The number of allylic oxidation sites excluding steroid dienone is 1. The van der Waals surface area contributed by atoms with Gasteiger partial charge in [0.25, 0.3) is 0 Å². The average molecular weight is 466 g/mol. The molecule has 1 aliphatic rings. The minimum Gasteiger partial charge on any atom is -0.289 e. The largest absolute Gasteiger partial charge is 0.289 e. The van der Waals surface area contributed by atoms with Gasteiger partial charge in [-0.25, -0.2) is 13.9 Å². The Morgan fingerprint density at radius 3 is 2.31 bits per heavy atom. The van der Waals surface area contributed by atoms with Crippen LogP contribution in [-0.2, 0) is 19.6 Å². The molecule has 0 unspecified atom stereocenters. The van der Waals surface area contributed by atoms with Gasteiger partial charge in [-0.3, -0.25) is 20.2 Å². The second-order valence-electron chi connectivity index (χ2n) is 8.93. The molecule has 178 valence electrons. The first kappa shape index (κ1) is 26.0. The van der Waals surface area contributed by atoms with E-state index in [9.17, 15) is 23.2 Å². The highest BCUT2D eigenvalue weighted by molar-refractivity contribution is 7.88. The van der Waals surface area contributed by atoms with Gasteiger partial charge in [0, 0.05) is 6.54 Å². The van der Waals surface area contributed by atoms with E-state index in [4.69, 9.17) is 0 Å². The average Bonchev–Trinajstić information content (AvgIpc) is 2.70. The Morgan fingerprint density at radius 1 is 1.16 bits per heavy atom. The molecule has 2 atom stereocenters. The SMILES string of the molecule is CC(C)C[C@@H](C(=O)NN(CC1CCC1)S(C)(=O)=O)[C@H](C/C=C/c1ccccc1)C(=O)NO. The fraction of sp³-hybridized carbons (Fsp3) is 0.565. The highest BCUT2D eigenvalue weighted by atomic mass is 32.2. The predicted octanol–water partition coefficient (Wildman–Crippen LogP) is 2.97. The van der Waals surface area contributed by atoms with Gasteiger partial charge in [0.1, 0.15) is 0 Å². The number of hydrogen-bond donors (Lipinski definition) is 3. The maximum atomic E-state index is 13.2. The Labute approximate surface area is 191 Å². The third-order valence-electron chi connectivity index (χ3n) is 5.78. The van der Waals surface area contributed by atoms with Crippen molar-refractivity contribution in [1.82, 2.24) is 15.3 Å². The van der Waals surface area contributed by atoms with Crippen molar-refractivity contribution in [3.63, 3.8) is 0 Å². The fourth-order valence-electron chi connectivity index (χ4n) is 3.79. The molecule has 1 aliphatic carbocycles. The molecule has 2 rings (SSSR count). The highest BCUT2D eigenvalue weighted by Crippen LogP contribution is 2.28. The van der Waals surface area contributed by atoms with Gasteiger partial charge in [-0.05, 0) is 43.1 Å². The van der Waals surface area contributed by atoms with Gasteiger partial charge in [0.2, 0.25) is 21.8 Å². The first-order chi connectivity index (χ1) is 15.1. The standard InChI is InChI=1S/C23H35N3O5S/c1-17(2)15-21(22(27)24-26(32(3,30)31)16-19-12-7-13-19)20(23(28)25-29)14-8-11-18-9-5-4-6-10-18/h4-6,8-11,17,19-21,29H,7,12-16H2,1-3H3,(H,24,27)(H,25,28)/b11-8+/t20-,21+/m0/s1. The van der Waals surface area contributed by atoms with E-state index in [-0.39, 0.29) is 24.8 Å². The van der Waals surface area contributed by atoms with Crippen LogP contribution in [0.4, 0.5) is 0 Å². The summed E-state index contributed by atoms with van der Waals surface area (Å²) in [4.78, 5) is 25.7. The Hall–Kier alpha value is -2.23. The molecule has 1 fully saturated rings. The van der Waals surface area contributed by atoms with E-state index in [1.165, 1.54) is 0 Å². The molecule has 8 nitrogen and oxygen atoms in total. The first-order valence-electron chi connectivity index (χ1n) is 11.1. The zero-order chi connectivity index (χ0) is 23.7. The van der Waals surface area contributed by atoms with Crippen molar-refractivity contribution >= 4 is 27.9 Å². The van der Waals surface area contributed by atoms with E-state index >= 15 is 0 Å². The van der Waals surface area contributed by atoms with Crippen LogP contribution in [0.1, 0.15) is 51.5 Å². The van der Waals surface area contributed by atoms with Crippen LogP contribution in [0.3, 0.4) is 0 Å². The van der Waals surface area contributed by atoms with Crippen molar-refractivity contribution in [2.45, 2.75) is 46.0 Å². The van der Waals surface area contributed by atoms with Crippen molar-refractivity contribution < 1.29 is 23.2 Å². The Kier molecular flexibility index (Phi) is 9.86. The summed E-state index contributed by atoms with van der Waals surface area (Å²) >= 11 is 0. The van der Waals surface area contributed by atoms with Gasteiger partial charge in [0.15, 0.2) is 0 Å². The van der Waals surface area contributed by atoms with Gasteiger partial charge in [-0.2, -0.15) is 0 Å². The lowest BCUT2D eigenvalue weighted by Gasteiger charge is -2.33. The molecule has 0 radical (unpaired) electrons. The van der Waals surface area contributed by atoms with Gasteiger partial charge < -0.3 is 0 Å². The summed E-state index contributed by atoms with van der Waals surface area (Å²) in [5, 5.41) is 9.29. The van der Waals surface area contributed by atoms with Crippen molar-refractivity contribution in [2.24, 2.45) is 23.7 Å². The van der Waals surface area contributed by atoms with E-state index < -0.39 is 33.7 Å². The van der Waals surface area contributed by atoms with E-state index in [0.29, 0.717) is 6.42 Å². The molecule has 1 saturated carbocycles. The first-order valence-corrected chi connectivity index (χ1v) is 12.9. The lowest BCUT2D eigenvalue weighted by atomic mass is 9.82. The number of amides is 2. The lowest BCUT2D eigenvalue weighted by Crippen LogP contribution is -2.52. The summed E-state index contributed by atoms with van der Waals surface area (Å²) in [5.74, 6) is -2.57. The number of benzene rings is 1. The normalized spacial score (nSPS) is 16.7. The topological polar surface area (TPSA) is 116 Å². The quantitative estimate of drug-likeness (QED) is 0.324. The third-order valence-corrected chi connectivity index (χ3v) is 6.82. The molecule has 0 spiro atoms. The molecule has 0 saturated heterocycles. The lowest BCUT2D eigenvalue weighted by molar-refractivity contribution is -0.142. The van der Waals surface area contributed by atoms with Crippen molar-refractivity contribution in [2.75, 3.05) is 12.8 Å². The highest BCUT2D eigenvalue weighted by Gasteiger charge is 2.36. The summed E-state index contributed by atoms with van der Waals surface area (Å²) in [6.45, 7) is 4.08. The number of carbonyl (C=O) groups excluding carboxylic acids is 2. The maximum Gasteiger partial charge on any atom is 0.247 e. The van der Waals surface area contributed by atoms with Crippen LogP contribution in [0.25, 0.3) is 6.08 Å². The van der Waals surface area contributed by atoms with Gasteiger partial charge >= 0.3 is 0 Å². The molecule has 9 heteroatoms. The monoisotopic (exact) mass is 465 g/mol. The van der Waals surface area contributed by atoms with E-state index in [0.717, 1.165) is 35.5 Å². The van der Waals surface area contributed by atoms with Crippen LogP contribution >= 0.6 is 0 Å². The van der Waals surface area contributed by atoms with E-state index in [2.05, 4.69) is 5.43 Å². The fourth-order valence-corrected chi connectivity index (χ4v) is 4.53. The zero-order valence-corrected chi connectivity index (χ0v) is 19.8. The maximum absolute atomic E-state index is 13.2. The zero-order valence-electron chi connectivity index (χ0n) is 19.0. The Morgan fingerprint density at radius 2 is 1.81 bits per heavy atom. The summed E-state index contributed by atoms with van der Waals surface area (Å²) in [6, 6.07) is 9.53. The van der Waals surface area contributed by atoms with Crippen LogP contribution in [-0.4, -0.2) is 42.7 Å². The van der Waals surface area contributed by atoms with Crippen LogP contribution < -0.4 is 10.9 Å². The van der Waals surface area contributed by atoms with Crippen molar-refractivity contribution in [3.05, 3.63) is 42.0 Å². The molecule has 2 amide bonds. The molecule has 1 aromatic rings. The van der Waals surface area contributed by atoms with Crippen LogP contribution in [0, 0.1) is 23.7 Å². The second kappa shape index (κ2) is 12.1. The number of rotatable bonds is 12. The van der Waals surface area contributed by atoms with Gasteiger partial charge in [0.05, 0.1) is 18.1 Å². The summed E-state index contributed by atoms with van der Waals surface area (Å²) in [5.41, 5.74) is 5.17. The van der Waals surface area contributed by atoms with E-state index in [1.807, 2.05) is 50.3 Å². The van der Waals surface area contributed by atoms with Gasteiger partial charge in [-0.1, -0.05) is 62.8 Å². The molecule has 3 N–H and O–H groups in total. The Bertz CT molecular complexity index is 882. The van der Waals surface area contributed by atoms with Crippen molar-refractivity contribution in [1.29, 1.82) is 0 Å². The minimum absolute atomic E-state index is 0.0798. The number of carbonyl (C=O) groups is 2. The van der Waals surface area contributed by atoms with Crippen LogP contribution in [0.15, 0.2) is 36.4 Å². The molecule has 0 aromatic heterocycles. The number of nitrogens with one attached hydrogen (secondary N) is 2. The summed E-state index contributed by atoms with van der Waals surface area (Å²) < 4.78 is 25.5. The smallest absolute Gasteiger partial charge is 0.247 e. The molecule has 0 heterocycles. The van der Waals surface area contributed by atoms with E-state index in [1.54, 1.807) is 11.6 Å². The summed E-state index contributed by atoms with van der Waals surface area (Å²) in [6.07, 6.45) is 8.19. The molecular formula is C23H35N3O5S. The molecule has 0 bridgehead atoms. The number of hydrogen-bond acceptors (Lipinski definition) is 5. The third kappa shape index (κ3) is 8.03.